The van der Waals surface area contributed by atoms with Gasteiger partial charge >= 0.3 is 0 Å². The average molecular weight is 356 g/mol. The third-order valence-electron chi connectivity index (χ3n) is 3.90. The zero-order valence-electron chi connectivity index (χ0n) is 13.7. The predicted octanol–water partition coefficient (Wildman–Crippen LogP) is 5.33. The number of benzene rings is 1. The lowest BCUT2D eigenvalue weighted by molar-refractivity contribution is 0.0252. The number of ether oxygens (including phenoxy) is 1. The highest BCUT2D eigenvalue weighted by atomic mass is 79.9. The number of hydrogen-bond donors (Lipinski definition) is 1. The number of rotatable bonds is 11. The maximum Gasteiger partial charge on any atom is 0.0949 e. The van der Waals surface area contributed by atoms with E-state index >= 15 is 0 Å². The molecular weight excluding hydrogens is 326 g/mol. The lowest BCUT2D eigenvalue weighted by Crippen LogP contribution is -2.24. The first-order valence-corrected chi connectivity index (χ1v) is 9.08. The van der Waals surface area contributed by atoms with E-state index in [0.717, 1.165) is 24.2 Å². The van der Waals surface area contributed by atoms with Gasteiger partial charge in [-0.25, -0.2) is 0 Å². The Bertz CT molecular complexity index is 366. The lowest BCUT2D eigenvalue weighted by Gasteiger charge is -2.22. The van der Waals surface area contributed by atoms with Crippen molar-refractivity contribution in [1.82, 2.24) is 5.32 Å². The zero-order valence-corrected chi connectivity index (χ0v) is 15.3. The average Bonchev–Trinajstić information content (AvgIpc) is 2.51. The summed E-state index contributed by atoms with van der Waals surface area (Å²) in [7, 11) is 0. The van der Waals surface area contributed by atoms with Crippen molar-refractivity contribution in [3.8, 4) is 0 Å². The van der Waals surface area contributed by atoms with Crippen LogP contribution in [0, 0.1) is 5.92 Å². The van der Waals surface area contributed by atoms with Crippen molar-refractivity contribution in [2.45, 2.75) is 52.6 Å². The van der Waals surface area contributed by atoms with Crippen molar-refractivity contribution in [3.05, 3.63) is 34.3 Å². The molecule has 0 saturated carbocycles. The summed E-state index contributed by atoms with van der Waals surface area (Å²) in [6, 6.07) is 8.48. The lowest BCUT2D eigenvalue weighted by atomic mass is 10.0. The van der Waals surface area contributed by atoms with Crippen molar-refractivity contribution in [2.75, 3.05) is 19.7 Å². The van der Waals surface area contributed by atoms with Crippen LogP contribution in [0.2, 0.25) is 0 Å². The van der Waals surface area contributed by atoms with Gasteiger partial charge in [-0.3, -0.25) is 0 Å². The molecule has 1 aromatic carbocycles. The van der Waals surface area contributed by atoms with Crippen LogP contribution in [0.5, 0.6) is 0 Å². The predicted molar refractivity (Wildman–Crippen MR) is 94.7 cm³/mol. The standard InChI is InChI=1S/C18H30BrNO/c1-4-7-8-15(5-2)14-21-18(13-20-6-3)16-9-11-17(19)12-10-16/h9-12,15,18,20H,4-8,13-14H2,1-3H3. The van der Waals surface area contributed by atoms with Gasteiger partial charge in [-0.15, -0.1) is 0 Å². The molecule has 3 heteroatoms. The van der Waals surface area contributed by atoms with Crippen LogP contribution >= 0.6 is 15.9 Å². The SMILES string of the molecule is CCCCC(CC)COC(CNCC)c1ccc(Br)cc1. The van der Waals surface area contributed by atoms with Crippen LogP contribution in [-0.4, -0.2) is 19.7 Å². The summed E-state index contributed by atoms with van der Waals surface area (Å²) in [5.74, 6) is 0.685. The van der Waals surface area contributed by atoms with Crippen LogP contribution in [-0.2, 0) is 4.74 Å². The monoisotopic (exact) mass is 355 g/mol. The van der Waals surface area contributed by atoms with Crippen LogP contribution in [0.3, 0.4) is 0 Å². The molecule has 0 saturated heterocycles. The summed E-state index contributed by atoms with van der Waals surface area (Å²) in [4.78, 5) is 0. The second kappa shape index (κ2) is 11.2. The number of halogens is 1. The van der Waals surface area contributed by atoms with Crippen molar-refractivity contribution in [2.24, 2.45) is 5.92 Å². The summed E-state index contributed by atoms with van der Waals surface area (Å²) < 4.78 is 7.36. The number of nitrogens with one attached hydrogen (secondary N) is 1. The van der Waals surface area contributed by atoms with Gasteiger partial charge in [0.05, 0.1) is 12.7 Å². The molecule has 0 spiro atoms. The van der Waals surface area contributed by atoms with E-state index in [4.69, 9.17) is 4.74 Å². The van der Waals surface area contributed by atoms with E-state index in [9.17, 15) is 0 Å². The molecule has 0 radical (unpaired) electrons. The van der Waals surface area contributed by atoms with Crippen molar-refractivity contribution >= 4 is 15.9 Å². The second-order valence-corrected chi connectivity index (χ2v) is 6.51. The van der Waals surface area contributed by atoms with E-state index in [0.29, 0.717) is 5.92 Å². The molecule has 0 aromatic heterocycles. The molecule has 2 unspecified atom stereocenters. The van der Waals surface area contributed by atoms with Gasteiger partial charge in [-0.2, -0.15) is 0 Å². The molecular formula is C18H30BrNO. The Kier molecular flexibility index (Phi) is 9.98. The Hall–Kier alpha value is -0.380. The van der Waals surface area contributed by atoms with E-state index < -0.39 is 0 Å². The van der Waals surface area contributed by atoms with Gasteiger partial charge in [0.25, 0.3) is 0 Å². The molecule has 1 N–H and O–H groups in total. The van der Waals surface area contributed by atoms with Crippen LogP contribution in [0.15, 0.2) is 28.7 Å². The van der Waals surface area contributed by atoms with E-state index in [1.54, 1.807) is 0 Å². The fourth-order valence-electron chi connectivity index (χ4n) is 2.38. The Labute approximate surface area is 138 Å². The van der Waals surface area contributed by atoms with Gasteiger partial charge in [0.1, 0.15) is 0 Å². The van der Waals surface area contributed by atoms with Gasteiger partial charge in [0.2, 0.25) is 0 Å². The first-order valence-electron chi connectivity index (χ1n) is 8.28. The molecule has 0 aliphatic carbocycles. The molecule has 0 heterocycles. The van der Waals surface area contributed by atoms with Crippen molar-refractivity contribution in [1.29, 1.82) is 0 Å². The number of unbranched alkanes of at least 4 members (excludes halogenated alkanes) is 1. The normalized spacial score (nSPS) is 14.1. The molecule has 2 atom stereocenters. The molecule has 0 amide bonds. The molecule has 1 aromatic rings. The highest BCUT2D eigenvalue weighted by molar-refractivity contribution is 9.10. The Balaban J connectivity index is 2.58. The summed E-state index contributed by atoms with van der Waals surface area (Å²) in [6.45, 7) is 9.37. The second-order valence-electron chi connectivity index (χ2n) is 5.60. The van der Waals surface area contributed by atoms with Gasteiger partial charge in [-0.1, -0.05) is 68.1 Å². The molecule has 21 heavy (non-hydrogen) atoms. The van der Waals surface area contributed by atoms with Crippen LogP contribution in [0.1, 0.15) is 58.1 Å². The summed E-state index contributed by atoms with van der Waals surface area (Å²) in [5, 5.41) is 3.41. The number of hydrogen-bond acceptors (Lipinski definition) is 2. The van der Waals surface area contributed by atoms with Crippen molar-refractivity contribution < 1.29 is 4.74 Å². The molecule has 0 bridgehead atoms. The molecule has 0 aliphatic rings. The smallest absolute Gasteiger partial charge is 0.0949 e. The third kappa shape index (κ3) is 7.44. The first kappa shape index (κ1) is 18.7. The van der Waals surface area contributed by atoms with Gasteiger partial charge in [0.15, 0.2) is 0 Å². The Morgan fingerprint density at radius 2 is 1.86 bits per heavy atom. The van der Waals surface area contributed by atoms with E-state index in [2.05, 4.69) is 66.3 Å². The van der Waals surface area contributed by atoms with Gasteiger partial charge in [0, 0.05) is 11.0 Å². The van der Waals surface area contributed by atoms with E-state index in [-0.39, 0.29) is 6.10 Å². The molecule has 120 valence electrons. The fraction of sp³-hybridized carbons (Fsp3) is 0.667. The van der Waals surface area contributed by atoms with Crippen LogP contribution in [0.4, 0.5) is 0 Å². The Morgan fingerprint density at radius 3 is 2.43 bits per heavy atom. The minimum atomic E-state index is 0.147. The zero-order chi connectivity index (χ0) is 15.5. The molecule has 0 aliphatic heterocycles. The number of likely N-dealkylation sites (N-methyl/N-ethyl adjacent to an activating group) is 1. The highest BCUT2D eigenvalue weighted by Crippen LogP contribution is 2.22. The molecule has 2 nitrogen and oxygen atoms in total. The van der Waals surface area contributed by atoms with Crippen LogP contribution in [0.25, 0.3) is 0 Å². The third-order valence-corrected chi connectivity index (χ3v) is 4.43. The quantitative estimate of drug-likeness (QED) is 0.578. The highest BCUT2D eigenvalue weighted by Gasteiger charge is 2.14. The largest absolute Gasteiger partial charge is 0.372 e. The summed E-state index contributed by atoms with van der Waals surface area (Å²) >= 11 is 3.49. The maximum atomic E-state index is 6.24. The summed E-state index contributed by atoms with van der Waals surface area (Å²) in [6.07, 6.45) is 5.20. The van der Waals surface area contributed by atoms with Gasteiger partial charge in [-0.05, 0) is 36.6 Å². The van der Waals surface area contributed by atoms with Gasteiger partial charge < -0.3 is 10.1 Å². The molecule has 0 fully saturated rings. The minimum absolute atomic E-state index is 0.147. The fourth-order valence-corrected chi connectivity index (χ4v) is 2.64. The molecule has 1 rings (SSSR count). The maximum absolute atomic E-state index is 6.24. The minimum Gasteiger partial charge on any atom is -0.372 e. The van der Waals surface area contributed by atoms with E-state index in [1.807, 2.05) is 0 Å². The summed E-state index contributed by atoms with van der Waals surface area (Å²) in [5.41, 5.74) is 1.25. The van der Waals surface area contributed by atoms with E-state index in [1.165, 1.54) is 31.2 Å². The van der Waals surface area contributed by atoms with Crippen molar-refractivity contribution in [3.63, 3.8) is 0 Å². The Morgan fingerprint density at radius 1 is 1.14 bits per heavy atom. The topological polar surface area (TPSA) is 21.3 Å². The first-order chi connectivity index (χ1) is 10.2. The van der Waals surface area contributed by atoms with Crippen LogP contribution < -0.4 is 5.32 Å².